The number of hydrogen-bond donors (Lipinski definition) is 1. The zero-order valence-electron chi connectivity index (χ0n) is 12.6. The van der Waals surface area contributed by atoms with E-state index in [0.29, 0.717) is 10.8 Å². The van der Waals surface area contributed by atoms with E-state index in [1.807, 2.05) is 33.9 Å². The van der Waals surface area contributed by atoms with Crippen molar-refractivity contribution in [2.45, 2.75) is 26.8 Å². The van der Waals surface area contributed by atoms with E-state index in [4.69, 9.17) is 16.3 Å². The van der Waals surface area contributed by atoms with Crippen LogP contribution < -0.4 is 10.1 Å². The van der Waals surface area contributed by atoms with Crippen molar-refractivity contribution in [3.05, 3.63) is 57.9 Å². The maximum atomic E-state index is 14.2. The van der Waals surface area contributed by atoms with E-state index in [-0.39, 0.29) is 17.6 Å². The average Bonchev–Trinajstić information content (AvgIpc) is 2.43. The molecular weight excluding hydrogens is 289 g/mol. The summed E-state index contributed by atoms with van der Waals surface area (Å²) < 4.78 is 19.9. The highest BCUT2D eigenvalue weighted by atomic mass is 35.5. The van der Waals surface area contributed by atoms with Crippen molar-refractivity contribution in [3.63, 3.8) is 0 Å². The van der Waals surface area contributed by atoms with Gasteiger partial charge in [-0.25, -0.2) is 4.39 Å². The summed E-state index contributed by atoms with van der Waals surface area (Å²) in [6.07, 6.45) is 0. The third-order valence-electron chi connectivity index (χ3n) is 3.53. The predicted molar refractivity (Wildman–Crippen MR) is 84.9 cm³/mol. The molecule has 0 aliphatic rings. The van der Waals surface area contributed by atoms with E-state index in [1.54, 1.807) is 18.2 Å². The third-order valence-corrected chi connectivity index (χ3v) is 3.74. The Morgan fingerprint density at radius 1 is 1.14 bits per heavy atom. The number of hydrogen-bond acceptors (Lipinski definition) is 2. The van der Waals surface area contributed by atoms with Crippen LogP contribution in [0, 0.1) is 19.7 Å². The fourth-order valence-corrected chi connectivity index (χ4v) is 2.53. The highest BCUT2D eigenvalue weighted by Gasteiger charge is 2.12. The summed E-state index contributed by atoms with van der Waals surface area (Å²) in [7, 11) is 1.84. The molecule has 2 aromatic rings. The molecule has 0 spiro atoms. The summed E-state index contributed by atoms with van der Waals surface area (Å²) in [4.78, 5) is 0. The summed E-state index contributed by atoms with van der Waals surface area (Å²) in [6, 6.07) is 8.72. The minimum Gasteiger partial charge on any atom is -0.454 e. The fraction of sp³-hybridized carbons (Fsp3) is 0.294. The van der Waals surface area contributed by atoms with E-state index >= 15 is 0 Å². The molecule has 21 heavy (non-hydrogen) atoms. The van der Waals surface area contributed by atoms with Gasteiger partial charge < -0.3 is 10.1 Å². The van der Waals surface area contributed by atoms with Crippen molar-refractivity contribution < 1.29 is 9.13 Å². The molecular formula is C17H19ClFNO. The summed E-state index contributed by atoms with van der Waals surface area (Å²) in [5, 5.41) is 3.73. The van der Waals surface area contributed by atoms with Gasteiger partial charge in [0.05, 0.1) is 0 Å². The maximum absolute atomic E-state index is 14.2. The first kappa shape index (κ1) is 15.8. The summed E-state index contributed by atoms with van der Waals surface area (Å²) in [5.41, 5.74) is 2.64. The smallest absolute Gasteiger partial charge is 0.166 e. The zero-order valence-corrected chi connectivity index (χ0v) is 13.4. The lowest BCUT2D eigenvalue weighted by atomic mass is 10.1. The molecule has 2 nitrogen and oxygen atoms in total. The van der Waals surface area contributed by atoms with E-state index in [2.05, 4.69) is 5.32 Å². The van der Waals surface area contributed by atoms with Crippen molar-refractivity contribution in [1.29, 1.82) is 0 Å². The topological polar surface area (TPSA) is 21.3 Å². The molecule has 0 aliphatic carbocycles. The molecule has 2 rings (SSSR count). The highest BCUT2D eigenvalue weighted by Crippen LogP contribution is 2.33. The second kappa shape index (κ2) is 6.46. The van der Waals surface area contributed by atoms with Crippen LogP contribution in [0.2, 0.25) is 5.02 Å². The van der Waals surface area contributed by atoms with Crippen LogP contribution in [0.25, 0.3) is 0 Å². The van der Waals surface area contributed by atoms with Gasteiger partial charge >= 0.3 is 0 Å². The van der Waals surface area contributed by atoms with Crippen molar-refractivity contribution >= 4 is 11.6 Å². The van der Waals surface area contributed by atoms with Crippen molar-refractivity contribution in [3.8, 4) is 11.5 Å². The molecule has 0 amide bonds. The fourth-order valence-electron chi connectivity index (χ4n) is 2.20. The van der Waals surface area contributed by atoms with Gasteiger partial charge in [0.2, 0.25) is 0 Å². The Balaban J connectivity index is 2.33. The zero-order chi connectivity index (χ0) is 15.6. The maximum Gasteiger partial charge on any atom is 0.166 e. The predicted octanol–water partition coefficient (Wildman–Crippen LogP) is 5.17. The number of ether oxygens (including phenoxy) is 1. The van der Waals surface area contributed by atoms with Gasteiger partial charge in [-0.05, 0) is 68.8 Å². The Bertz CT molecular complexity index is 634. The summed E-state index contributed by atoms with van der Waals surface area (Å²) in [5.74, 6) is 0.492. The van der Waals surface area contributed by atoms with Crippen molar-refractivity contribution in [2.24, 2.45) is 0 Å². The van der Waals surface area contributed by atoms with Crippen LogP contribution in [-0.2, 0) is 0 Å². The molecule has 4 heteroatoms. The Labute approximate surface area is 129 Å². The summed E-state index contributed by atoms with van der Waals surface area (Å²) >= 11 is 5.99. The van der Waals surface area contributed by atoms with Gasteiger partial charge in [0.1, 0.15) is 5.75 Å². The second-order valence-electron chi connectivity index (χ2n) is 5.17. The average molecular weight is 308 g/mol. The largest absolute Gasteiger partial charge is 0.454 e. The number of aryl methyl sites for hydroxylation is 2. The number of nitrogens with one attached hydrogen (secondary N) is 1. The van der Waals surface area contributed by atoms with Crippen LogP contribution in [0.4, 0.5) is 4.39 Å². The van der Waals surface area contributed by atoms with Gasteiger partial charge in [-0.3, -0.25) is 0 Å². The van der Waals surface area contributed by atoms with E-state index in [0.717, 1.165) is 16.7 Å². The summed E-state index contributed by atoms with van der Waals surface area (Å²) in [6.45, 7) is 5.76. The first-order chi connectivity index (χ1) is 9.92. The van der Waals surface area contributed by atoms with Gasteiger partial charge in [-0.1, -0.05) is 17.7 Å². The highest BCUT2D eigenvalue weighted by molar-refractivity contribution is 6.30. The van der Waals surface area contributed by atoms with Crippen molar-refractivity contribution in [1.82, 2.24) is 5.32 Å². The molecule has 0 fully saturated rings. The standard InChI is InChI=1S/C17H19ClFNO/c1-10-7-14(18)8-11(2)17(10)21-16-6-5-13(9-15(16)19)12(3)20-4/h5-9,12,20H,1-4H3. The Morgan fingerprint density at radius 2 is 1.76 bits per heavy atom. The van der Waals surface area contributed by atoms with Gasteiger partial charge in [0.15, 0.2) is 11.6 Å². The monoisotopic (exact) mass is 307 g/mol. The minimum atomic E-state index is -0.372. The van der Waals surface area contributed by atoms with E-state index < -0.39 is 0 Å². The molecule has 2 aromatic carbocycles. The second-order valence-corrected chi connectivity index (χ2v) is 5.61. The number of halogens is 2. The quantitative estimate of drug-likeness (QED) is 0.841. The molecule has 0 radical (unpaired) electrons. The van der Waals surface area contributed by atoms with Gasteiger partial charge in [-0.2, -0.15) is 0 Å². The van der Waals surface area contributed by atoms with E-state index in [1.165, 1.54) is 6.07 Å². The molecule has 1 N–H and O–H groups in total. The Morgan fingerprint density at radius 3 is 2.29 bits per heavy atom. The molecule has 0 aromatic heterocycles. The van der Waals surface area contributed by atoms with Crippen LogP contribution >= 0.6 is 11.6 Å². The number of rotatable bonds is 4. The molecule has 1 unspecified atom stereocenters. The third kappa shape index (κ3) is 3.55. The molecule has 0 saturated carbocycles. The lowest BCUT2D eigenvalue weighted by Crippen LogP contribution is -2.12. The van der Waals surface area contributed by atoms with Crippen molar-refractivity contribution in [2.75, 3.05) is 7.05 Å². The van der Waals surface area contributed by atoms with Gasteiger partial charge in [-0.15, -0.1) is 0 Å². The van der Waals surface area contributed by atoms with Gasteiger partial charge in [0, 0.05) is 11.1 Å². The SMILES string of the molecule is CNC(C)c1ccc(Oc2c(C)cc(Cl)cc2C)c(F)c1. The first-order valence-corrected chi connectivity index (χ1v) is 7.21. The van der Waals surface area contributed by atoms with Gasteiger partial charge in [0.25, 0.3) is 0 Å². The molecule has 0 saturated heterocycles. The number of benzene rings is 2. The molecule has 0 aliphatic heterocycles. The minimum absolute atomic E-state index is 0.0903. The molecule has 0 heterocycles. The molecule has 0 bridgehead atoms. The molecule has 1 atom stereocenters. The van der Waals surface area contributed by atoms with Crippen LogP contribution in [0.1, 0.15) is 29.7 Å². The van der Waals surface area contributed by atoms with Crippen LogP contribution in [-0.4, -0.2) is 7.05 Å². The lowest BCUT2D eigenvalue weighted by molar-refractivity contribution is 0.435. The normalized spacial score (nSPS) is 12.3. The Hall–Kier alpha value is -1.58. The first-order valence-electron chi connectivity index (χ1n) is 6.83. The molecule has 112 valence electrons. The van der Waals surface area contributed by atoms with Crippen LogP contribution in [0.3, 0.4) is 0 Å². The van der Waals surface area contributed by atoms with Crippen LogP contribution in [0.5, 0.6) is 11.5 Å². The van der Waals surface area contributed by atoms with Crippen LogP contribution in [0.15, 0.2) is 30.3 Å². The lowest BCUT2D eigenvalue weighted by Gasteiger charge is -2.15. The van der Waals surface area contributed by atoms with E-state index in [9.17, 15) is 4.39 Å². The Kier molecular flexibility index (Phi) is 4.86.